The Kier molecular flexibility index (Phi) is 15.4. The molecule has 0 atom stereocenters. The van der Waals surface area contributed by atoms with Gasteiger partial charge >= 0.3 is 0 Å². The molecule has 0 amide bonds. The van der Waals surface area contributed by atoms with Crippen molar-refractivity contribution in [3.8, 4) is 100 Å². The summed E-state index contributed by atoms with van der Waals surface area (Å²) in [6.07, 6.45) is 0. The molecule has 4 heterocycles. The van der Waals surface area contributed by atoms with Gasteiger partial charge in [0.15, 0.2) is 0 Å². The third-order valence-corrected chi connectivity index (χ3v) is 24.2. The summed E-state index contributed by atoms with van der Waals surface area (Å²) in [6, 6.07) is 162. The molecule has 4 nitrogen and oxygen atoms in total. The maximum atomic E-state index is 2.73. The van der Waals surface area contributed by atoms with Gasteiger partial charge in [-0.2, -0.15) is 0 Å². The molecule has 2 aromatic heterocycles. The first-order valence-electron chi connectivity index (χ1n) is 39.8. The van der Waals surface area contributed by atoms with Crippen LogP contribution in [0.2, 0.25) is 0 Å². The van der Waals surface area contributed by atoms with Gasteiger partial charge < -0.3 is 18.9 Å². The van der Waals surface area contributed by atoms with Crippen LogP contribution in [0.3, 0.4) is 0 Å². The first-order valence-corrected chi connectivity index (χ1v) is 39.8. The van der Waals surface area contributed by atoms with Crippen molar-refractivity contribution in [1.82, 2.24) is 9.13 Å². The smallest absolute Gasteiger partial charge is 0.252 e. The fourth-order valence-electron chi connectivity index (χ4n) is 19.3. The Hall–Kier alpha value is -15.0. The second-order valence-corrected chi connectivity index (χ2v) is 30.5. The van der Waals surface area contributed by atoms with Gasteiger partial charge in [0, 0.05) is 72.2 Å². The predicted molar refractivity (Wildman–Crippen MR) is 488 cm³/mol. The van der Waals surface area contributed by atoms with E-state index in [0.29, 0.717) is 0 Å². The minimum atomic E-state index is -0.335. The lowest BCUT2D eigenvalue weighted by Gasteiger charge is -2.46. The van der Waals surface area contributed by atoms with Gasteiger partial charge in [0.05, 0.1) is 39.1 Å². The number of hydrogen-bond donors (Lipinski definition) is 0. The van der Waals surface area contributed by atoms with Crippen molar-refractivity contribution in [1.29, 1.82) is 0 Å². The maximum absolute atomic E-state index is 2.73. The average molecular weight is 1460 g/mol. The molecule has 0 bridgehead atoms. The summed E-state index contributed by atoms with van der Waals surface area (Å²) in [7, 11) is 0. The normalized spacial score (nSPS) is 12.3. The van der Waals surface area contributed by atoms with Crippen molar-refractivity contribution < 1.29 is 0 Å². The lowest BCUT2D eigenvalue weighted by atomic mass is 9.33. The van der Waals surface area contributed by atoms with E-state index in [0.717, 1.165) is 140 Å². The Morgan fingerprint density at radius 1 is 0.174 bits per heavy atom. The van der Waals surface area contributed by atoms with Crippen molar-refractivity contribution >= 4 is 122 Å². The van der Waals surface area contributed by atoms with Gasteiger partial charge in [-0.25, -0.2) is 0 Å². The Labute approximate surface area is 667 Å². The summed E-state index contributed by atoms with van der Waals surface area (Å²) in [6.45, 7) is -0.335. The van der Waals surface area contributed by atoms with E-state index in [1.807, 2.05) is 0 Å². The quantitative estimate of drug-likeness (QED) is 0.0895. The minimum absolute atomic E-state index is 0.335. The number of nitrogens with zero attached hydrogens (tertiary/aromatic N) is 4. The van der Waals surface area contributed by atoms with Gasteiger partial charge in [-0.05, 0) is 184 Å². The highest BCUT2D eigenvalue weighted by molar-refractivity contribution is 7.00. The molecule has 115 heavy (non-hydrogen) atoms. The lowest BCUT2D eigenvalue weighted by molar-refractivity contribution is 1.15. The summed E-state index contributed by atoms with van der Waals surface area (Å²) in [5.41, 5.74) is 34.8. The van der Waals surface area contributed by atoms with E-state index in [4.69, 9.17) is 0 Å². The zero-order valence-corrected chi connectivity index (χ0v) is 62.9. The summed E-state index contributed by atoms with van der Waals surface area (Å²) >= 11 is 0. The van der Waals surface area contributed by atoms with Crippen LogP contribution in [0, 0.1) is 0 Å². The van der Waals surface area contributed by atoms with E-state index in [2.05, 4.69) is 450 Å². The van der Waals surface area contributed by atoms with Crippen molar-refractivity contribution in [2.45, 2.75) is 0 Å². The third kappa shape index (κ3) is 10.6. The highest BCUT2D eigenvalue weighted by atomic mass is 15.2. The van der Waals surface area contributed by atoms with Crippen LogP contribution in [0.1, 0.15) is 0 Å². The molecule has 0 fully saturated rings. The number of benzene rings is 19. The number of para-hydroxylation sites is 4. The van der Waals surface area contributed by atoms with Crippen molar-refractivity contribution in [2.75, 3.05) is 9.80 Å². The van der Waals surface area contributed by atoms with E-state index in [1.54, 1.807) is 0 Å². The average Bonchev–Trinajstić information content (AvgIpc) is 0.825. The zero-order chi connectivity index (χ0) is 75.6. The van der Waals surface area contributed by atoms with Crippen LogP contribution >= 0.6 is 0 Å². The number of fused-ring (bicyclic) bond motifs is 12. The summed E-state index contributed by atoms with van der Waals surface area (Å²) in [5, 5.41) is 9.60. The van der Waals surface area contributed by atoms with Crippen molar-refractivity contribution in [2.24, 2.45) is 0 Å². The van der Waals surface area contributed by atoms with Crippen LogP contribution in [-0.2, 0) is 0 Å². The molecule has 5 heteroatoms. The monoisotopic (exact) mass is 1460 g/mol. The molecule has 23 rings (SSSR count). The third-order valence-electron chi connectivity index (χ3n) is 24.2. The van der Waals surface area contributed by atoms with Gasteiger partial charge in [-0.3, -0.25) is 0 Å². The molecule has 2 aliphatic rings. The molecule has 19 aromatic carbocycles. The van der Waals surface area contributed by atoms with Gasteiger partial charge in [-0.1, -0.05) is 352 Å². The molecular formula is C110H71BN4. The maximum Gasteiger partial charge on any atom is 0.252 e. The Morgan fingerprint density at radius 2 is 0.443 bits per heavy atom. The molecular weight excluding hydrogens is 1390 g/mol. The number of anilines is 6. The summed E-state index contributed by atoms with van der Waals surface area (Å²) in [4.78, 5) is 5.45. The highest BCUT2D eigenvalue weighted by Gasteiger charge is 2.46. The Bertz CT molecular complexity index is 7160. The number of rotatable bonds is 12. The minimum Gasteiger partial charge on any atom is -0.310 e. The molecule has 0 unspecified atom stereocenters. The van der Waals surface area contributed by atoms with Crippen LogP contribution in [0.15, 0.2) is 431 Å². The van der Waals surface area contributed by atoms with E-state index < -0.39 is 0 Å². The molecule has 534 valence electrons. The molecule has 0 aliphatic carbocycles. The fraction of sp³-hybridized carbons (Fsp3) is 0. The van der Waals surface area contributed by atoms with Gasteiger partial charge in [0.2, 0.25) is 0 Å². The topological polar surface area (TPSA) is 16.3 Å². The molecule has 0 N–H and O–H groups in total. The first-order chi connectivity index (χ1) is 57.1. The van der Waals surface area contributed by atoms with E-state index in [9.17, 15) is 0 Å². The molecule has 2 aliphatic heterocycles. The van der Waals surface area contributed by atoms with Crippen molar-refractivity contribution in [3.63, 3.8) is 0 Å². The zero-order valence-electron chi connectivity index (χ0n) is 62.9. The standard InChI is InChI=1S/C110H71BN4/c1-8-34-72(35-9-1)80-64-92(74-38-12-3-13-39-74)109(93(65-80)75-40-14-4-15-41-75)114-102-68-79(107-90-54-24-22-52-88(90)106(78-46-20-7-21-47-78)89-53-23-25-55-91(89)107)60-62-96(102)111-97-63-61-82(112-98-56-30-26-48-84(98)85-49-27-31-57-99(85)112)69-103(97)115(105-71-83(70-104(114)108(105)111)113-100-58-32-28-50-86(100)87-51-29-33-59-101(87)113)110-94(76-42-16-5-17-43-76)66-81(73-36-10-2-11-37-73)67-95(110)77-44-18-6-19-45-77/h1-71H. The molecule has 21 aromatic rings. The molecule has 0 radical (unpaired) electrons. The largest absolute Gasteiger partial charge is 0.310 e. The van der Waals surface area contributed by atoms with E-state index in [-0.39, 0.29) is 6.71 Å². The molecule has 0 spiro atoms. The van der Waals surface area contributed by atoms with E-state index in [1.165, 1.54) is 76.2 Å². The Morgan fingerprint density at radius 3 is 0.800 bits per heavy atom. The van der Waals surface area contributed by atoms with Crippen LogP contribution in [-0.4, -0.2) is 15.8 Å². The van der Waals surface area contributed by atoms with E-state index >= 15 is 0 Å². The van der Waals surface area contributed by atoms with Gasteiger partial charge in [-0.15, -0.1) is 0 Å². The van der Waals surface area contributed by atoms with Crippen LogP contribution in [0.5, 0.6) is 0 Å². The summed E-state index contributed by atoms with van der Waals surface area (Å²) in [5.74, 6) is 0. The SMILES string of the molecule is c1ccc(-c2cc(-c3ccccc3)c(N3c4cc(-c5c6ccccc6c(-c6ccccc6)c6ccccc56)ccc4B4c5ccc(-n6c7ccccc7c7ccccc76)cc5N(c5c(-c6ccccc6)cc(-c6ccccc6)cc5-c5ccccc5)c5cc(-n6c7ccccc7c7ccccc76)cc3c54)c(-c3ccccc3)c2)cc1. The molecule has 0 saturated heterocycles. The van der Waals surface area contributed by atoms with Crippen molar-refractivity contribution in [3.05, 3.63) is 431 Å². The predicted octanol–water partition coefficient (Wildman–Crippen LogP) is 27.6. The highest BCUT2D eigenvalue weighted by Crippen LogP contribution is 2.57. The fourth-order valence-corrected chi connectivity index (χ4v) is 19.3. The molecule has 0 saturated carbocycles. The van der Waals surface area contributed by atoms with Crippen LogP contribution in [0.25, 0.3) is 166 Å². The van der Waals surface area contributed by atoms with Crippen LogP contribution < -0.4 is 26.2 Å². The number of hydrogen-bond acceptors (Lipinski definition) is 2. The summed E-state index contributed by atoms with van der Waals surface area (Å²) < 4.78 is 5.06. The second-order valence-electron chi connectivity index (χ2n) is 30.5. The lowest BCUT2D eigenvalue weighted by Crippen LogP contribution is -2.61. The Balaban J connectivity index is 0.927. The van der Waals surface area contributed by atoms with Gasteiger partial charge in [0.25, 0.3) is 6.71 Å². The second kappa shape index (κ2) is 26.9. The van der Waals surface area contributed by atoms with Gasteiger partial charge in [0.1, 0.15) is 0 Å². The number of aromatic nitrogens is 2. The van der Waals surface area contributed by atoms with Crippen LogP contribution in [0.4, 0.5) is 34.1 Å². The first kappa shape index (κ1) is 65.8.